The van der Waals surface area contributed by atoms with Crippen LogP contribution in [0.3, 0.4) is 0 Å². The van der Waals surface area contributed by atoms with Crippen molar-refractivity contribution in [1.82, 2.24) is 5.01 Å². The summed E-state index contributed by atoms with van der Waals surface area (Å²) in [5.41, 5.74) is 5.22. The van der Waals surface area contributed by atoms with E-state index in [9.17, 15) is 4.57 Å². The van der Waals surface area contributed by atoms with Crippen molar-refractivity contribution in [2.45, 2.75) is 0 Å². The van der Waals surface area contributed by atoms with Crippen LogP contribution in [0.2, 0.25) is 0 Å². The Morgan fingerprint density at radius 2 is 2.07 bits per heavy atom. The predicted molar refractivity (Wildman–Crippen MR) is 59.8 cm³/mol. The van der Waals surface area contributed by atoms with Crippen LogP contribution >= 0.6 is 8.46 Å². The first-order valence-electron chi connectivity index (χ1n) is 4.07. The summed E-state index contributed by atoms with van der Waals surface area (Å²) in [6.07, 6.45) is 1.87. The Morgan fingerprint density at radius 3 is 2.79 bits per heavy atom. The van der Waals surface area contributed by atoms with Crippen LogP contribution in [0, 0.1) is 0 Å². The molecule has 0 saturated heterocycles. The van der Waals surface area contributed by atoms with Gasteiger partial charge in [0.25, 0.3) is 0 Å². The van der Waals surface area contributed by atoms with E-state index in [1.165, 1.54) is 0 Å². The molecule has 0 aliphatic carbocycles. The van der Waals surface area contributed by atoms with Gasteiger partial charge in [0.05, 0.1) is 14.1 Å². The maximum absolute atomic E-state index is 11.0. The summed E-state index contributed by atoms with van der Waals surface area (Å²) in [7, 11) is 1.02. The second kappa shape index (κ2) is 4.31. The third-order valence-corrected chi connectivity index (χ3v) is 2.71. The van der Waals surface area contributed by atoms with Gasteiger partial charge in [-0.25, -0.2) is 0 Å². The molecule has 0 radical (unpaired) electrons. The molecule has 14 heavy (non-hydrogen) atoms. The minimum Gasteiger partial charge on any atom is -0.412 e. The Kier molecular flexibility index (Phi) is 3.33. The summed E-state index contributed by atoms with van der Waals surface area (Å²) < 4.78 is 11.0. The van der Waals surface area contributed by atoms with Crippen molar-refractivity contribution in [1.29, 1.82) is 0 Å². The molecule has 0 aromatic heterocycles. The zero-order valence-electron chi connectivity index (χ0n) is 7.82. The Balaban J connectivity index is 0.000000980. The van der Waals surface area contributed by atoms with Gasteiger partial charge in [-0.05, 0) is 6.07 Å². The molecule has 1 aromatic rings. The van der Waals surface area contributed by atoms with E-state index in [0.717, 1.165) is 16.6 Å². The van der Waals surface area contributed by atoms with E-state index < -0.39 is 8.46 Å². The normalized spacial score (nSPS) is 14.4. The highest BCUT2D eigenvalue weighted by Crippen LogP contribution is 2.34. The first-order chi connectivity index (χ1) is 6.31. The van der Waals surface area contributed by atoms with E-state index in [2.05, 4.69) is 5.43 Å². The van der Waals surface area contributed by atoms with E-state index >= 15 is 0 Å². The number of anilines is 1. The van der Waals surface area contributed by atoms with Crippen LogP contribution in [-0.2, 0) is 4.57 Å². The van der Waals surface area contributed by atoms with Gasteiger partial charge < -0.3 is 10.0 Å². The van der Waals surface area contributed by atoms with Crippen molar-refractivity contribution in [2.75, 3.05) is 12.5 Å². The van der Waals surface area contributed by atoms with E-state index in [4.69, 9.17) is 0 Å². The number of para-hydroxylation sites is 1. The SMILES string of the molecule is CN1C=C([PH2]=O)c2ccccc2N1.O. The Labute approximate surface area is 83.7 Å². The van der Waals surface area contributed by atoms with Gasteiger partial charge in [-0.15, -0.1) is 0 Å². The first kappa shape index (κ1) is 10.8. The lowest BCUT2D eigenvalue weighted by atomic mass is 10.1. The average molecular weight is 212 g/mol. The van der Waals surface area contributed by atoms with Gasteiger partial charge in [0, 0.05) is 24.1 Å². The second-order valence-electron chi connectivity index (χ2n) is 2.97. The molecule has 1 aromatic carbocycles. The molecule has 0 fully saturated rings. The summed E-state index contributed by atoms with van der Waals surface area (Å²) in [5, 5.41) is 2.74. The number of hydrazine groups is 1. The van der Waals surface area contributed by atoms with Crippen molar-refractivity contribution in [2.24, 2.45) is 0 Å². The Morgan fingerprint density at radius 1 is 1.36 bits per heavy atom. The van der Waals surface area contributed by atoms with Crippen molar-refractivity contribution in [3.63, 3.8) is 0 Å². The molecule has 1 atom stereocenters. The molecule has 1 unspecified atom stereocenters. The highest BCUT2D eigenvalue weighted by Gasteiger charge is 2.11. The fourth-order valence-electron chi connectivity index (χ4n) is 1.43. The fourth-order valence-corrected chi connectivity index (χ4v) is 2.09. The van der Waals surface area contributed by atoms with Crippen molar-refractivity contribution in [3.05, 3.63) is 36.0 Å². The molecule has 3 N–H and O–H groups in total. The summed E-state index contributed by atoms with van der Waals surface area (Å²) in [6.45, 7) is 0. The predicted octanol–water partition coefficient (Wildman–Crippen LogP) is 1.19. The average Bonchev–Trinajstić information content (AvgIpc) is 2.16. The van der Waals surface area contributed by atoms with Gasteiger partial charge in [-0.3, -0.25) is 10.4 Å². The molecule has 0 spiro atoms. The van der Waals surface area contributed by atoms with Gasteiger partial charge in [0.1, 0.15) is 0 Å². The summed E-state index contributed by atoms with van der Waals surface area (Å²) >= 11 is 0. The number of hydrogen-bond acceptors (Lipinski definition) is 3. The van der Waals surface area contributed by atoms with Crippen LogP contribution in [0.5, 0.6) is 0 Å². The van der Waals surface area contributed by atoms with Crippen LogP contribution in [-0.4, -0.2) is 17.5 Å². The molecule has 5 heteroatoms. The molecular weight excluding hydrogens is 199 g/mol. The Hall–Kier alpha value is -1.25. The monoisotopic (exact) mass is 212 g/mol. The molecule has 4 nitrogen and oxygen atoms in total. The summed E-state index contributed by atoms with van der Waals surface area (Å²) in [6, 6.07) is 7.87. The van der Waals surface area contributed by atoms with Gasteiger partial charge in [0.2, 0.25) is 0 Å². The molecule has 0 amide bonds. The van der Waals surface area contributed by atoms with Crippen molar-refractivity contribution >= 4 is 19.5 Å². The molecule has 76 valence electrons. The summed E-state index contributed by atoms with van der Waals surface area (Å²) in [5.74, 6) is 0. The topological polar surface area (TPSA) is 63.8 Å². The molecule has 0 saturated carbocycles. The van der Waals surface area contributed by atoms with Crippen LogP contribution in [0.1, 0.15) is 5.56 Å². The zero-order valence-corrected chi connectivity index (χ0v) is 8.97. The minimum absolute atomic E-state index is 0. The number of rotatable bonds is 1. The number of fused-ring (bicyclic) bond motifs is 1. The van der Waals surface area contributed by atoms with Crippen LogP contribution < -0.4 is 5.43 Å². The van der Waals surface area contributed by atoms with E-state index in [1.807, 2.05) is 42.5 Å². The Bertz CT molecular complexity index is 379. The lowest BCUT2D eigenvalue weighted by molar-refractivity contribution is 0.548. The van der Waals surface area contributed by atoms with Gasteiger partial charge in [0.15, 0.2) is 0 Å². The van der Waals surface area contributed by atoms with E-state index in [-0.39, 0.29) is 5.48 Å². The fraction of sp³-hybridized carbons (Fsp3) is 0.111. The molecular formula is C9H13N2O2P. The minimum atomic E-state index is -0.877. The number of benzene rings is 1. The molecule has 2 rings (SSSR count). The van der Waals surface area contributed by atoms with E-state index in [1.54, 1.807) is 0 Å². The first-order valence-corrected chi connectivity index (χ1v) is 5.12. The molecule has 1 aliphatic heterocycles. The van der Waals surface area contributed by atoms with Gasteiger partial charge in [-0.2, -0.15) is 0 Å². The molecule has 1 aliphatic rings. The lowest BCUT2D eigenvalue weighted by Gasteiger charge is -2.25. The molecule has 1 heterocycles. The maximum Gasteiger partial charge on any atom is 0.0943 e. The second-order valence-corrected chi connectivity index (χ2v) is 3.83. The largest absolute Gasteiger partial charge is 0.412 e. The lowest BCUT2D eigenvalue weighted by Crippen LogP contribution is -2.22. The van der Waals surface area contributed by atoms with E-state index in [0.29, 0.717) is 0 Å². The van der Waals surface area contributed by atoms with Crippen LogP contribution in [0.25, 0.3) is 5.31 Å². The highest BCUT2D eigenvalue weighted by molar-refractivity contribution is 7.37. The van der Waals surface area contributed by atoms with Crippen LogP contribution in [0.15, 0.2) is 30.5 Å². The van der Waals surface area contributed by atoms with Crippen LogP contribution in [0.4, 0.5) is 5.69 Å². The van der Waals surface area contributed by atoms with Crippen molar-refractivity contribution in [3.8, 4) is 0 Å². The van der Waals surface area contributed by atoms with Crippen molar-refractivity contribution < 1.29 is 10.0 Å². The standard InChI is InChI=1S/C9H11N2OP.H2O/c1-11-6-9(13-12)7-4-2-3-5-8(7)10-11;/h2-6,10H,13H2,1H3;1H2. The van der Waals surface area contributed by atoms with Gasteiger partial charge >= 0.3 is 0 Å². The zero-order chi connectivity index (χ0) is 9.26. The number of hydrogen-bond donors (Lipinski definition) is 1. The number of nitrogens with zero attached hydrogens (tertiary/aromatic N) is 1. The van der Waals surface area contributed by atoms with Gasteiger partial charge in [-0.1, -0.05) is 18.2 Å². The quantitative estimate of drug-likeness (QED) is 0.711. The highest BCUT2D eigenvalue weighted by atomic mass is 31.1. The molecule has 0 bridgehead atoms. The third kappa shape index (κ3) is 1.81. The summed E-state index contributed by atoms with van der Waals surface area (Å²) in [4.78, 5) is 0. The maximum atomic E-state index is 11.0. The smallest absolute Gasteiger partial charge is 0.0943 e. The third-order valence-electron chi connectivity index (χ3n) is 1.99. The number of nitrogens with one attached hydrogen (secondary N) is 1.